The molecular weight excluding hydrogens is 230 g/mol. The lowest BCUT2D eigenvalue weighted by molar-refractivity contribution is -0.139. The van der Waals surface area contributed by atoms with Gasteiger partial charge in [-0.2, -0.15) is 5.10 Å². The molecule has 0 saturated carbocycles. The fraction of sp³-hybridized carbons (Fsp3) is 0.333. The number of carboxylic acids is 1. The Bertz CT molecular complexity index is 465. The van der Waals surface area contributed by atoms with Crippen molar-refractivity contribution < 1.29 is 24.2 Å². The van der Waals surface area contributed by atoms with E-state index in [0.717, 1.165) is 9.58 Å². The smallest absolute Gasteiger partial charge is 0.325 e. The summed E-state index contributed by atoms with van der Waals surface area (Å²) in [5.74, 6) is -2.04. The Hall–Kier alpha value is -2.22. The molecule has 1 aliphatic heterocycles. The summed E-state index contributed by atoms with van der Waals surface area (Å²) >= 11 is 0. The normalized spacial score (nSPS) is 16.4. The first-order chi connectivity index (χ1) is 8.08. The van der Waals surface area contributed by atoms with Crippen LogP contribution in [0.2, 0.25) is 0 Å². The van der Waals surface area contributed by atoms with Crippen LogP contribution in [0.4, 0.5) is 5.69 Å². The van der Waals surface area contributed by atoms with Gasteiger partial charge in [0.05, 0.1) is 11.9 Å². The van der Waals surface area contributed by atoms with Crippen LogP contribution in [0.25, 0.3) is 0 Å². The third-order valence-corrected chi connectivity index (χ3v) is 2.12. The second kappa shape index (κ2) is 4.34. The lowest BCUT2D eigenvalue weighted by Gasteiger charge is -2.23. The molecule has 0 unspecified atom stereocenters. The van der Waals surface area contributed by atoms with Gasteiger partial charge in [0.25, 0.3) is 11.8 Å². The number of anilines is 1. The predicted molar refractivity (Wildman–Crippen MR) is 53.2 cm³/mol. The Balaban J connectivity index is 2.21. The summed E-state index contributed by atoms with van der Waals surface area (Å²) in [5.41, 5.74) is 0.254. The van der Waals surface area contributed by atoms with Gasteiger partial charge in [0, 0.05) is 6.20 Å². The van der Waals surface area contributed by atoms with Crippen LogP contribution in [0.5, 0.6) is 0 Å². The van der Waals surface area contributed by atoms with E-state index in [4.69, 9.17) is 9.84 Å². The second-order valence-electron chi connectivity index (χ2n) is 3.41. The van der Waals surface area contributed by atoms with Crippen LogP contribution in [-0.4, -0.2) is 45.9 Å². The number of carbonyl (C=O) groups excluding carboxylic acids is 2. The molecule has 0 atom stereocenters. The number of carbonyl (C=O) groups is 3. The number of imide groups is 1. The SMILES string of the molecule is O=C(O)Cn1cc(N2C(=O)COCC2=O)cn1. The van der Waals surface area contributed by atoms with Crippen molar-refractivity contribution in [2.45, 2.75) is 6.54 Å². The quantitative estimate of drug-likeness (QED) is 0.669. The van der Waals surface area contributed by atoms with Crippen LogP contribution in [0.3, 0.4) is 0 Å². The molecule has 0 spiro atoms. The maximum Gasteiger partial charge on any atom is 0.325 e. The molecule has 1 aromatic heterocycles. The zero-order valence-electron chi connectivity index (χ0n) is 8.70. The molecule has 1 fully saturated rings. The maximum atomic E-state index is 11.5. The molecule has 1 aromatic rings. The molecule has 0 aliphatic carbocycles. The van der Waals surface area contributed by atoms with E-state index in [0.29, 0.717) is 0 Å². The van der Waals surface area contributed by atoms with Crippen LogP contribution in [0.15, 0.2) is 12.4 Å². The van der Waals surface area contributed by atoms with Crippen LogP contribution >= 0.6 is 0 Å². The van der Waals surface area contributed by atoms with Crippen LogP contribution < -0.4 is 4.90 Å². The fourth-order valence-electron chi connectivity index (χ4n) is 1.48. The molecule has 1 saturated heterocycles. The first kappa shape index (κ1) is 11.3. The molecule has 8 heteroatoms. The predicted octanol–water partition coefficient (Wildman–Crippen LogP) is -1.14. The van der Waals surface area contributed by atoms with Gasteiger partial charge in [0.1, 0.15) is 19.8 Å². The summed E-state index contributed by atoms with van der Waals surface area (Å²) in [7, 11) is 0. The van der Waals surface area contributed by atoms with Gasteiger partial charge in [0.15, 0.2) is 0 Å². The van der Waals surface area contributed by atoms with Crippen molar-refractivity contribution in [3.05, 3.63) is 12.4 Å². The first-order valence-electron chi connectivity index (χ1n) is 4.75. The maximum absolute atomic E-state index is 11.5. The molecule has 0 radical (unpaired) electrons. The molecule has 0 aromatic carbocycles. The van der Waals surface area contributed by atoms with Gasteiger partial charge in [-0.25, -0.2) is 4.90 Å². The molecule has 90 valence electrons. The van der Waals surface area contributed by atoms with Crippen molar-refractivity contribution in [2.75, 3.05) is 18.1 Å². The number of rotatable bonds is 3. The Morgan fingerprint density at radius 2 is 2.06 bits per heavy atom. The minimum atomic E-state index is -1.06. The van der Waals surface area contributed by atoms with E-state index < -0.39 is 17.8 Å². The van der Waals surface area contributed by atoms with Crippen molar-refractivity contribution in [3.8, 4) is 0 Å². The van der Waals surface area contributed by atoms with Crippen LogP contribution in [-0.2, 0) is 25.7 Å². The zero-order valence-corrected chi connectivity index (χ0v) is 8.70. The second-order valence-corrected chi connectivity index (χ2v) is 3.41. The standard InChI is InChI=1S/C9H9N3O5/c13-7-4-17-5-8(14)12(7)6-1-10-11(2-6)3-9(15)16/h1-2H,3-5H2,(H,15,16). The van der Waals surface area contributed by atoms with Crippen molar-refractivity contribution in [2.24, 2.45) is 0 Å². The number of hydrogen-bond acceptors (Lipinski definition) is 5. The van der Waals surface area contributed by atoms with Crippen molar-refractivity contribution >= 4 is 23.5 Å². The summed E-state index contributed by atoms with van der Waals surface area (Å²) < 4.78 is 5.89. The van der Waals surface area contributed by atoms with Crippen molar-refractivity contribution in [1.82, 2.24) is 9.78 Å². The molecule has 2 amide bonds. The minimum Gasteiger partial charge on any atom is -0.480 e. The van der Waals surface area contributed by atoms with Gasteiger partial charge in [-0.1, -0.05) is 0 Å². The molecule has 8 nitrogen and oxygen atoms in total. The van der Waals surface area contributed by atoms with Crippen LogP contribution in [0.1, 0.15) is 0 Å². The van der Waals surface area contributed by atoms with E-state index in [2.05, 4.69) is 5.10 Å². The molecule has 17 heavy (non-hydrogen) atoms. The molecule has 0 bridgehead atoms. The molecule has 2 heterocycles. The van der Waals surface area contributed by atoms with Gasteiger partial charge in [-0.3, -0.25) is 19.1 Å². The van der Waals surface area contributed by atoms with Crippen LogP contribution in [0, 0.1) is 0 Å². The average Bonchev–Trinajstić information content (AvgIpc) is 2.65. The first-order valence-corrected chi connectivity index (χ1v) is 4.75. The van der Waals surface area contributed by atoms with Gasteiger partial charge < -0.3 is 9.84 Å². The summed E-state index contributed by atoms with van der Waals surface area (Å²) in [6.07, 6.45) is 2.60. The van der Waals surface area contributed by atoms with Gasteiger partial charge in [0.2, 0.25) is 0 Å². The Morgan fingerprint density at radius 1 is 1.41 bits per heavy atom. The highest BCUT2D eigenvalue weighted by Gasteiger charge is 2.29. The summed E-state index contributed by atoms with van der Waals surface area (Å²) in [5, 5.41) is 12.3. The summed E-state index contributed by atoms with van der Waals surface area (Å²) in [6, 6.07) is 0. The lowest BCUT2D eigenvalue weighted by atomic mass is 10.3. The number of carboxylic acid groups (broad SMARTS) is 1. The summed E-state index contributed by atoms with van der Waals surface area (Å²) in [6.45, 7) is -0.668. The number of aliphatic carboxylic acids is 1. The van der Waals surface area contributed by atoms with E-state index in [1.54, 1.807) is 0 Å². The highest BCUT2D eigenvalue weighted by Crippen LogP contribution is 2.16. The lowest BCUT2D eigenvalue weighted by Crippen LogP contribution is -2.46. The molecule has 2 rings (SSSR count). The number of ether oxygens (including phenoxy) is 1. The minimum absolute atomic E-state index is 0.171. The van der Waals surface area contributed by atoms with E-state index in [1.807, 2.05) is 0 Å². The molecular formula is C9H9N3O5. The van der Waals surface area contributed by atoms with E-state index in [1.165, 1.54) is 12.4 Å². The third kappa shape index (κ3) is 2.31. The number of morpholine rings is 1. The Kier molecular flexibility index (Phi) is 2.88. The summed E-state index contributed by atoms with van der Waals surface area (Å²) in [4.78, 5) is 34.3. The number of hydrogen-bond donors (Lipinski definition) is 1. The van der Waals surface area contributed by atoms with Gasteiger partial charge in [-0.15, -0.1) is 0 Å². The number of aromatic nitrogens is 2. The third-order valence-electron chi connectivity index (χ3n) is 2.12. The fourth-order valence-corrected chi connectivity index (χ4v) is 1.48. The zero-order chi connectivity index (χ0) is 12.4. The van der Waals surface area contributed by atoms with E-state index in [9.17, 15) is 14.4 Å². The van der Waals surface area contributed by atoms with Gasteiger partial charge in [-0.05, 0) is 0 Å². The highest BCUT2D eigenvalue weighted by molar-refractivity contribution is 6.16. The largest absolute Gasteiger partial charge is 0.480 e. The number of nitrogens with zero attached hydrogens (tertiary/aromatic N) is 3. The molecule has 1 aliphatic rings. The molecule has 1 N–H and O–H groups in total. The number of amides is 2. The average molecular weight is 239 g/mol. The highest BCUT2D eigenvalue weighted by atomic mass is 16.5. The topological polar surface area (TPSA) is 102 Å². The van der Waals surface area contributed by atoms with Crippen molar-refractivity contribution in [3.63, 3.8) is 0 Å². The Labute approximate surface area is 95.4 Å². The Morgan fingerprint density at radius 3 is 2.65 bits per heavy atom. The van der Waals surface area contributed by atoms with Gasteiger partial charge >= 0.3 is 5.97 Å². The van der Waals surface area contributed by atoms with E-state index in [-0.39, 0.29) is 25.4 Å². The van der Waals surface area contributed by atoms with Crippen molar-refractivity contribution in [1.29, 1.82) is 0 Å². The monoisotopic (exact) mass is 239 g/mol. The van der Waals surface area contributed by atoms with E-state index >= 15 is 0 Å².